The number of hydrogen-bond donors (Lipinski definition) is 0. The van der Waals surface area contributed by atoms with Crippen LogP contribution in [0.2, 0.25) is 0 Å². The van der Waals surface area contributed by atoms with Gasteiger partial charge in [-0.25, -0.2) is 9.38 Å². The molecule has 0 bridgehead atoms. The van der Waals surface area contributed by atoms with Crippen LogP contribution in [0.25, 0.3) is 0 Å². The Morgan fingerprint density at radius 2 is 2.55 bits per heavy atom. The second-order valence-corrected chi connectivity index (χ2v) is 2.79. The highest BCUT2D eigenvalue weighted by molar-refractivity contribution is 5.91. The van der Waals surface area contributed by atoms with Crippen LogP contribution in [-0.2, 0) is 0 Å². The van der Waals surface area contributed by atoms with Crippen LogP contribution in [0.15, 0.2) is 29.3 Å². The molecule has 0 aromatic carbocycles. The average Bonchev–Trinajstić information content (AvgIpc) is 2.30. The molecule has 2 aliphatic heterocycles. The summed E-state index contributed by atoms with van der Waals surface area (Å²) >= 11 is 0. The number of rotatable bonds is 0. The fourth-order valence-corrected chi connectivity index (χ4v) is 1.44. The van der Waals surface area contributed by atoms with Gasteiger partial charge in [0.15, 0.2) is 0 Å². The summed E-state index contributed by atoms with van der Waals surface area (Å²) in [6.07, 6.45) is 5.86. The van der Waals surface area contributed by atoms with Crippen LogP contribution in [0.3, 0.4) is 0 Å². The van der Waals surface area contributed by atoms with Gasteiger partial charge in [0.25, 0.3) is 0 Å². The maximum Gasteiger partial charge on any atom is 0.127 e. The van der Waals surface area contributed by atoms with Gasteiger partial charge in [-0.1, -0.05) is 6.08 Å². The van der Waals surface area contributed by atoms with Gasteiger partial charge >= 0.3 is 0 Å². The van der Waals surface area contributed by atoms with Crippen molar-refractivity contribution in [2.45, 2.75) is 6.42 Å². The Labute approximate surface area is 64.7 Å². The number of halogens is 1. The molecule has 2 rings (SSSR count). The maximum absolute atomic E-state index is 13.0. The van der Waals surface area contributed by atoms with Crippen LogP contribution < -0.4 is 0 Å². The predicted octanol–water partition coefficient (Wildman–Crippen LogP) is 1.67. The zero-order valence-corrected chi connectivity index (χ0v) is 6.29. The van der Waals surface area contributed by atoms with Crippen molar-refractivity contribution < 1.29 is 4.39 Å². The highest BCUT2D eigenvalue weighted by atomic mass is 19.1. The number of allylic oxidation sites excluding steroid dienone is 1. The molecule has 3 heteroatoms. The Hall–Kier alpha value is -1.12. The van der Waals surface area contributed by atoms with E-state index in [0.29, 0.717) is 0 Å². The van der Waals surface area contributed by atoms with Crippen LogP contribution in [-0.4, -0.2) is 17.8 Å². The summed E-state index contributed by atoms with van der Waals surface area (Å²) in [5.41, 5.74) is 0. The van der Waals surface area contributed by atoms with Gasteiger partial charge in [-0.3, -0.25) is 0 Å². The van der Waals surface area contributed by atoms with E-state index in [1.807, 2.05) is 13.1 Å². The second kappa shape index (κ2) is 2.19. The van der Waals surface area contributed by atoms with Crippen LogP contribution in [0.1, 0.15) is 6.42 Å². The lowest BCUT2D eigenvalue weighted by Gasteiger charge is -2.16. The lowest BCUT2D eigenvalue weighted by atomic mass is 10.0. The average molecular weight is 152 g/mol. The first-order valence-corrected chi connectivity index (χ1v) is 3.62. The molecule has 0 amide bonds. The molecule has 0 radical (unpaired) electrons. The van der Waals surface area contributed by atoms with E-state index in [4.69, 9.17) is 0 Å². The Morgan fingerprint density at radius 1 is 1.73 bits per heavy atom. The lowest BCUT2D eigenvalue weighted by Crippen LogP contribution is -2.23. The van der Waals surface area contributed by atoms with E-state index in [9.17, 15) is 4.39 Å². The van der Waals surface area contributed by atoms with Crippen LogP contribution in [0, 0.1) is 5.92 Å². The number of nitrogens with zero attached hydrogens (tertiary/aromatic N) is 2. The molecule has 0 aromatic heterocycles. The van der Waals surface area contributed by atoms with Crippen LogP contribution in [0.5, 0.6) is 0 Å². The quantitative estimate of drug-likeness (QED) is 0.515. The number of aliphatic imine (C=N–C) groups is 1. The Morgan fingerprint density at radius 3 is 3.27 bits per heavy atom. The first kappa shape index (κ1) is 6.58. The van der Waals surface area contributed by atoms with Crippen molar-refractivity contribution in [1.29, 1.82) is 0 Å². The van der Waals surface area contributed by atoms with Crippen molar-refractivity contribution in [2.24, 2.45) is 10.9 Å². The number of amidine groups is 1. The molecule has 0 aliphatic carbocycles. The second-order valence-electron chi connectivity index (χ2n) is 2.79. The van der Waals surface area contributed by atoms with E-state index in [1.165, 1.54) is 6.20 Å². The molecule has 0 spiro atoms. The lowest BCUT2D eigenvalue weighted by molar-refractivity contribution is 0.551. The first-order chi connectivity index (χ1) is 5.29. The third-order valence-electron chi connectivity index (χ3n) is 2.01. The molecule has 0 N–H and O–H groups in total. The van der Waals surface area contributed by atoms with Gasteiger partial charge in [0.1, 0.15) is 11.7 Å². The number of hydrogen-bond acceptors (Lipinski definition) is 2. The molecule has 0 aromatic rings. The van der Waals surface area contributed by atoms with Crippen molar-refractivity contribution in [1.82, 2.24) is 4.90 Å². The van der Waals surface area contributed by atoms with Crippen molar-refractivity contribution in [2.75, 3.05) is 7.05 Å². The summed E-state index contributed by atoms with van der Waals surface area (Å²) in [4.78, 5) is 5.83. The van der Waals surface area contributed by atoms with Crippen molar-refractivity contribution >= 4 is 5.84 Å². The molecule has 1 unspecified atom stereocenters. The minimum atomic E-state index is -0.106. The summed E-state index contributed by atoms with van der Waals surface area (Å²) in [6, 6.07) is 0. The summed E-state index contributed by atoms with van der Waals surface area (Å²) in [5.74, 6) is 0.644. The minimum Gasteiger partial charge on any atom is -0.336 e. The normalized spacial score (nSPS) is 28.2. The molecule has 11 heavy (non-hydrogen) atoms. The summed E-state index contributed by atoms with van der Waals surface area (Å²) in [7, 11) is 1.82. The monoisotopic (exact) mass is 152 g/mol. The molecule has 1 atom stereocenters. The van der Waals surface area contributed by atoms with E-state index < -0.39 is 0 Å². The smallest absolute Gasteiger partial charge is 0.127 e. The molecule has 2 heterocycles. The molecule has 2 nitrogen and oxygen atoms in total. The third kappa shape index (κ3) is 0.878. The van der Waals surface area contributed by atoms with E-state index in [-0.39, 0.29) is 11.7 Å². The van der Waals surface area contributed by atoms with Gasteiger partial charge in [0.05, 0.1) is 5.92 Å². The van der Waals surface area contributed by atoms with Crippen LogP contribution >= 0.6 is 0 Å². The molecular formula is C8H9FN2. The number of fused-ring (bicyclic) bond motifs is 1. The van der Waals surface area contributed by atoms with Crippen molar-refractivity contribution in [3.63, 3.8) is 0 Å². The Kier molecular flexibility index (Phi) is 1.31. The van der Waals surface area contributed by atoms with Gasteiger partial charge in [-0.15, -0.1) is 0 Å². The topological polar surface area (TPSA) is 15.6 Å². The van der Waals surface area contributed by atoms with E-state index >= 15 is 0 Å². The first-order valence-electron chi connectivity index (χ1n) is 3.62. The fourth-order valence-electron chi connectivity index (χ4n) is 1.44. The SMILES string of the molecule is CN1C=C(F)C2CC=CN=C21. The Bertz CT molecular complexity index is 265. The predicted molar refractivity (Wildman–Crippen MR) is 41.6 cm³/mol. The van der Waals surface area contributed by atoms with Gasteiger partial charge in [0, 0.05) is 19.4 Å². The molecule has 0 saturated heterocycles. The molecule has 0 saturated carbocycles. The largest absolute Gasteiger partial charge is 0.336 e. The van der Waals surface area contributed by atoms with E-state index in [0.717, 1.165) is 12.3 Å². The zero-order chi connectivity index (χ0) is 7.84. The third-order valence-corrected chi connectivity index (χ3v) is 2.01. The van der Waals surface area contributed by atoms with Crippen molar-refractivity contribution in [3.05, 3.63) is 24.3 Å². The Balaban J connectivity index is 2.35. The van der Waals surface area contributed by atoms with E-state index in [1.54, 1.807) is 11.1 Å². The minimum absolute atomic E-state index is 0.0735. The summed E-state index contributed by atoms with van der Waals surface area (Å²) in [6.45, 7) is 0. The summed E-state index contributed by atoms with van der Waals surface area (Å²) in [5, 5.41) is 0. The standard InChI is InChI=1S/C8H9FN2/c1-11-5-7(9)6-3-2-4-10-8(6)11/h2,4-6H,3H2,1H3. The molecule has 0 fully saturated rings. The van der Waals surface area contributed by atoms with Gasteiger partial charge in [0.2, 0.25) is 0 Å². The maximum atomic E-state index is 13.0. The molecular weight excluding hydrogens is 143 g/mol. The van der Waals surface area contributed by atoms with Gasteiger partial charge < -0.3 is 4.90 Å². The van der Waals surface area contributed by atoms with Gasteiger partial charge in [-0.2, -0.15) is 0 Å². The van der Waals surface area contributed by atoms with Gasteiger partial charge in [-0.05, 0) is 6.42 Å². The highest BCUT2D eigenvalue weighted by Gasteiger charge is 2.29. The zero-order valence-electron chi connectivity index (χ0n) is 6.29. The fraction of sp³-hybridized carbons (Fsp3) is 0.375. The van der Waals surface area contributed by atoms with Crippen LogP contribution in [0.4, 0.5) is 4.39 Å². The summed E-state index contributed by atoms with van der Waals surface area (Å²) < 4.78 is 13.0. The van der Waals surface area contributed by atoms with E-state index in [2.05, 4.69) is 4.99 Å². The van der Waals surface area contributed by atoms with Crippen molar-refractivity contribution in [3.8, 4) is 0 Å². The highest BCUT2D eigenvalue weighted by Crippen LogP contribution is 2.29. The molecule has 58 valence electrons. The molecule has 2 aliphatic rings.